The van der Waals surface area contributed by atoms with Crippen LogP contribution in [0.25, 0.3) is 0 Å². The molecule has 0 unspecified atom stereocenters. The highest BCUT2D eigenvalue weighted by atomic mass is 16.6. The first-order chi connectivity index (χ1) is 8.73. The summed E-state index contributed by atoms with van der Waals surface area (Å²) in [6.07, 6.45) is 1.21. The molecule has 8 heteroatoms. The molecule has 0 aliphatic heterocycles. The number of nitro groups is 1. The minimum atomic E-state index is -0.573. The lowest BCUT2D eigenvalue weighted by molar-refractivity contribution is -0.383. The van der Waals surface area contributed by atoms with Crippen LogP contribution in [0.2, 0.25) is 0 Å². The van der Waals surface area contributed by atoms with Crippen molar-refractivity contribution in [3.63, 3.8) is 0 Å². The first kappa shape index (κ1) is 15.1. The van der Waals surface area contributed by atoms with Crippen LogP contribution in [0.1, 0.15) is 13.8 Å². The van der Waals surface area contributed by atoms with E-state index in [1.54, 1.807) is 0 Å². The Balaban J connectivity index is 2.84. The maximum absolute atomic E-state index is 10.9. The van der Waals surface area contributed by atoms with Gasteiger partial charge in [0.2, 0.25) is 11.6 Å². The van der Waals surface area contributed by atoms with Crippen LogP contribution in [0.15, 0.2) is 6.33 Å². The fraction of sp³-hybridized carbons (Fsp3) is 0.636. The SMILES string of the molecule is CN(C)CC(C)(C)CNc1ncnc(N)c1[N+](=O)[O-]. The monoisotopic (exact) mass is 268 g/mol. The molecule has 0 aliphatic carbocycles. The normalized spacial score (nSPS) is 11.6. The summed E-state index contributed by atoms with van der Waals surface area (Å²) in [6, 6.07) is 0. The summed E-state index contributed by atoms with van der Waals surface area (Å²) >= 11 is 0. The minimum absolute atomic E-state index is 0.0585. The standard InChI is InChI=1S/C11H20N6O2/c1-11(2,6-16(3)4)5-13-10-8(17(18)19)9(12)14-7-15-10/h7H,5-6H2,1-4H3,(H3,12,13,14,15). The third-order valence-corrected chi connectivity index (χ3v) is 2.51. The third-order valence-electron chi connectivity index (χ3n) is 2.51. The molecular formula is C11H20N6O2. The lowest BCUT2D eigenvalue weighted by Gasteiger charge is -2.28. The highest BCUT2D eigenvalue weighted by Crippen LogP contribution is 2.27. The summed E-state index contributed by atoms with van der Waals surface area (Å²) in [7, 11) is 3.96. The highest BCUT2D eigenvalue weighted by molar-refractivity contribution is 5.67. The van der Waals surface area contributed by atoms with Crippen LogP contribution in [-0.2, 0) is 0 Å². The number of rotatable bonds is 6. The van der Waals surface area contributed by atoms with E-state index in [0.29, 0.717) is 6.54 Å². The fourth-order valence-electron chi connectivity index (χ4n) is 1.94. The van der Waals surface area contributed by atoms with Gasteiger partial charge in [0.25, 0.3) is 0 Å². The van der Waals surface area contributed by atoms with Gasteiger partial charge in [-0.05, 0) is 19.5 Å². The zero-order chi connectivity index (χ0) is 14.6. The van der Waals surface area contributed by atoms with E-state index in [1.807, 2.05) is 14.1 Å². The molecule has 19 heavy (non-hydrogen) atoms. The van der Waals surface area contributed by atoms with Crippen molar-refractivity contribution in [3.05, 3.63) is 16.4 Å². The van der Waals surface area contributed by atoms with Gasteiger partial charge in [0.1, 0.15) is 6.33 Å². The molecule has 1 aromatic heterocycles. The van der Waals surface area contributed by atoms with Crippen LogP contribution in [0, 0.1) is 15.5 Å². The number of hydrogen-bond donors (Lipinski definition) is 2. The first-order valence-corrected chi connectivity index (χ1v) is 5.86. The molecule has 1 rings (SSSR count). The van der Waals surface area contributed by atoms with Crippen LogP contribution in [0.4, 0.5) is 17.3 Å². The van der Waals surface area contributed by atoms with Crippen LogP contribution in [0.5, 0.6) is 0 Å². The molecule has 0 saturated heterocycles. The average molecular weight is 268 g/mol. The maximum Gasteiger partial charge on any atom is 0.352 e. The highest BCUT2D eigenvalue weighted by Gasteiger charge is 2.24. The van der Waals surface area contributed by atoms with Crippen LogP contribution >= 0.6 is 0 Å². The van der Waals surface area contributed by atoms with Crippen LogP contribution in [-0.4, -0.2) is 47.0 Å². The van der Waals surface area contributed by atoms with Gasteiger partial charge in [0.05, 0.1) is 4.92 Å². The molecule has 0 aromatic carbocycles. The summed E-state index contributed by atoms with van der Waals surface area (Å²) in [6.45, 7) is 5.52. The van der Waals surface area contributed by atoms with E-state index >= 15 is 0 Å². The number of nitrogens with one attached hydrogen (secondary N) is 1. The summed E-state index contributed by atoms with van der Waals surface area (Å²) in [5.74, 6) is 0.0252. The molecule has 0 fully saturated rings. The lowest BCUT2D eigenvalue weighted by Crippen LogP contribution is -2.34. The van der Waals surface area contributed by atoms with Crippen LogP contribution < -0.4 is 11.1 Å². The first-order valence-electron chi connectivity index (χ1n) is 5.86. The van der Waals surface area contributed by atoms with Crippen molar-refractivity contribution in [2.75, 3.05) is 38.2 Å². The van der Waals surface area contributed by atoms with E-state index in [1.165, 1.54) is 6.33 Å². The number of nitrogens with zero attached hydrogens (tertiary/aromatic N) is 4. The third kappa shape index (κ3) is 4.32. The Morgan fingerprint density at radius 1 is 1.47 bits per heavy atom. The Labute approximate surface area is 112 Å². The molecule has 0 aliphatic rings. The van der Waals surface area contributed by atoms with Gasteiger partial charge < -0.3 is 16.0 Å². The van der Waals surface area contributed by atoms with Gasteiger partial charge in [-0.2, -0.15) is 0 Å². The smallest absolute Gasteiger partial charge is 0.352 e. The zero-order valence-corrected chi connectivity index (χ0v) is 11.7. The average Bonchev–Trinajstić information content (AvgIpc) is 2.24. The number of aromatic nitrogens is 2. The van der Waals surface area contributed by atoms with E-state index in [2.05, 4.69) is 34.0 Å². The van der Waals surface area contributed by atoms with Gasteiger partial charge >= 0.3 is 5.69 Å². The molecule has 3 N–H and O–H groups in total. The number of nitrogen functional groups attached to an aromatic ring is 1. The van der Waals surface area contributed by atoms with Gasteiger partial charge in [-0.25, -0.2) is 9.97 Å². The molecule has 1 heterocycles. The largest absolute Gasteiger partial charge is 0.378 e. The lowest BCUT2D eigenvalue weighted by atomic mass is 9.93. The molecule has 0 radical (unpaired) electrons. The van der Waals surface area contributed by atoms with Gasteiger partial charge in [-0.15, -0.1) is 0 Å². The van der Waals surface area contributed by atoms with Gasteiger partial charge in [-0.1, -0.05) is 13.8 Å². The molecule has 8 nitrogen and oxygen atoms in total. The van der Waals surface area contributed by atoms with Gasteiger partial charge in [0.15, 0.2) is 0 Å². The Kier molecular flexibility index (Phi) is 4.60. The van der Waals surface area contributed by atoms with Gasteiger partial charge in [-0.3, -0.25) is 10.1 Å². The van der Waals surface area contributed by atoms with E-state index < -0.39 is 4.92 Å². The summed E-state index contributed by atoms with van der Waals surface area (Å²) in [5.41, 5.74) is 5.17. The van der Waals surface area contributed by atoms with Crippen molar-refractivity contribution >= 4 is 17.3 Å². The predicted molar refractivity (Wildman–Crippen MR) is 73.9 cm³/mol. The summed E-state index contributed by atoms with van der Waals surface area (Å²) in [4.78, 5) is 19.9. The number of hydrogen-bond acceptors (Lipinski definition) is 7. The van der Waals surface area contributed by atoms with Crippen molar-refractivity contribution in [2.24, 2.45) is 5.41 Å². The maximum atomic E-state index is 10.9. The Morgan fingerprint density at radius 2 is 2.11 bits per heavy atom. The number of anilines is 2. The van der Waals surface area contributed by atoms with Crippen LogP contribution in [0.3, 0.4) is 0 Å². The van der Waals surface area contributed by atoms with Crippen molar-refractivity contribution in [2.45, 2.75) is 13.8 Å². The summed E-state index contributed by atoms with van der Waals surface area (Å²) in [5, 5.41) is 13.9. The second-order valence-corrected chi connectivity index (χ2v) is 5.47. The Hall–Kier alpha value is -1.96. The van der Waals surface area contributed by atoms with E-state index in [0.717, 1.165) is 6.54 Å². The van der Waals surface area contributed by atoms with E-state index in [-0.39, 0.29) is 22.7 Å². The predicted octanol–water partition coefficient (Wildman–Crippen LogP) is 0.967. The second kappa shape index (κ2) is 5.79. The quantitative estimate of drug-likeness (QED) is 0.584. The molecule has 0 amide bonds. The minimum Gasteiger partial charge on any atom is -0.378 e. The topological polar surface area (TPSA) is 110 Å². The van der Waals surface area contributed by atoms with Crippen molar-refractivity contribution in [3.8, 4) is 0 Å². The van der Waals surface area contributed by atoms with Crippen molar-refractivity contribution in [1.29, 1.82) is 0 Å². The fourth-order valence-corrected chi connectivity index (χ4v) is 1.94. The molecule has 0 bridgehead atoms. The molecule has 0 atom stereocenters. The number of nitrogens with two attached hydrogens (primary N) is 1. The molecule has 1 aromatic rings. The van der Waals surface area contributed by atoms with Gasteiger partial charge in [0, 0.05) is 13.1 Å². The molecule has 106 valence electrons. The molecule has 0 spiro atoms. The molecule has 0 saturated carbocycles. The van der Waals surface area contributed by atoms with E-state index in [4.69, 9.17) is 5.73 Å². The van der Waals surface area contributed by atoms with E-state index in [9.17, 15) is 10.1 Å². The van der Waals surface area contributed by atoms with Crippen molar-refractivity contribution in [1.82, 2.24) is 14.9 Å². The molecular weight excluding hydrogens is 248 g/mol. The Morgan fingerprint density at radius 3 is 2.63 bits per heavy atom. The zero-order valence-electron chi connectivity index (χ0n) is 11.7. The summed E-state index contributed by atoms with van der Waals surface area (Å²) < 4.78 is 0. The Bertz CT molecular complexity index is 460. The van der Waals surface area contributed by atoms with Crippen molar-refractivity contribution < 1.29 is 4.92 Å². The second-order valence-electron chi connectivity index (χ2n) is 5.47.